The van der Waals surface area contributed by atoms with E-state index >= 15 is 0 Å². The summed E-state index contributed by atoms with van der Waals surface area (Å²) in [4.78, 5) is 0. The number of halogens is 3. The van der Waals surface area contributed by atoms with Gasteiger partial charge in [0.1, 0.15) is 6.61 Å². The van der Waals surface area contributed by atoms with E-state index in [1.54, 1.807) is 5.01 Å². The summed E-state index contributed by atoms with van der Waals surface area (Å²) in [5, 5.41) is 4.73. The minimum atomic E-state index is -4.26. The molecule has 2 unspecified atom stereocenters. The summed E-state index contributed by atoms with van der Waals surface area (Å²) < 4.78 is 40.9. The summed E-state index contributed by atoms with van der Waals surface area (Å²) in [7, 11) is 0. The molecular formula is C11H24F3N3O. The molecule has 18 heavy (non-hydrogen) atoms. The lowest BCUT2D eigenvalue weighted by Gasteiger charge is -2.23. The fourth-order valence-electron chi connectivity index (χ4n) is 1.43. The van der Waals surface area contributed by atoms with Gasteiger partial charge in [0.2, 0.25) is 0 Å². The van der Waals surface area contributed by atoms with Gasteiger partial charge in [-0.05, 0) is 19.8 Å². The highest BCUT2D eigenvalue weighted by molar-refractivity contribution is 4.67. The topological polar surface area (TPSA) is 50.5 Å². The molecule has 0 aromatic heterocycles. The van der Waals surface area contributed by atoms with Crippen LogP contribution in [0.15, 0.2) is 0 Å². The Labute approximate surface area is 107 Å². The maximum atomic E-state index is 12.0. The molecule has 0 amide bonds. The number of ether oxygens (including phenoxy) is 1. The predicted molar refractivity (Wildman–Crippen MR) is 64.7 cm³/mol. The van der Waals surface area contributed by atoms with Crippen LogP contribution in [0.1, 0.15) is 33.6 Å². The maximum Gasteiger partial charge on any atom is 0.411 e. The minimum absolute atomic E-state index is 0.0563. The fourth-order valence-corrected chi connectivity index (χ4v) is 1.43. The molecule has 0 spiro atoms. The highest BCUT2D eigenvalue weighted by atomic mass is 19.4. The second-order valence-electron chi connectivity index (χ2n) is 4.36. The normalized spacial score (nSPS) is 16.0. The predicted octanol–water partition coefficient (Wildman–Crippen LogP) is 1.87. The third-order valence-corrected chi connectivity index (χ3v) is 2.60. The molecule has 0 aliphatic rings. The van der Waals surface area contributed by atoms with Crippen LogP contribution in [0.5, 0.6) is 0 Å². The number of alkyl halides is 3. The number of hydrogen-bond acceptors (Lipinski definition) is 4. The van der Waals surface area contributed by atoms with Crippen molar-refractivity contribution in [2.75, 3.05) is 19.8 Å². The van der Waals surface area contributed by atoms with E-state index in [2.05, 4.69) is 5.32 Å². The average molecular weight is 271 g/mol. The molecule has 7 heteroatoms. The molecule has 0 radical (unpaired) electrons. The van der Waals surface area contributed by atoms with Gasteiger partial charge >= 0.3 is 6.18 Å². The van der Waals surface area contributed by atoms with Crippen molar-refractivity contribution in [1.29, 1.82) is 0 Å². The number of hydrazine groups is 1. The maximum absolute atomic E-state index is 12.0. The van der Waals surface area contributed by atoms with Gasteiger partial charge in [-0.3, -0.25) is 5.84 Å². The lowest BCUT2D eigenvalue weighted by atomic mass is 10.1. The van der Waals surface area contributed by atoms with Gasteiger partial charge in [0.05, 0.1) is 12.8 Å². The molecule has 0 rings (SSSR count). The molecule has 110 valence electrons. The van der Waals surface area contributed by atoms with Gasteiger partial charge in [-0.2, -0.15) is 13.2 Å². The van der Waals surface area contributed by atoms with E-state index in [-0.39, 0.29) is 12.1 Å². The number of rotatable bonds is 9. The Morgan fingerprint density at radius 3 is 2.39 bits per heavy atom. The Bertz CT molecular complexity index is 214. The Morgan fingerprint density at radius 1 is 1.33 bits per heavy atom. The molecule has 0 bridgehead atoms. The molecule has 0 aromatic carbocycles. The third kappa shape index (κ3) is 9.64. The molecular weight excluding hydrogens is 247 g/mol. The van der Waals surface area contributed by atoms with Crippen LogP contribution in [0.2, 0.25) is 0 Å². The molecule has 2 atom stereocenters. The second kappa shape index (κ2) is 8.68. The third-order valence-electron chi connectivity index (χ3n) is 2.60. The van der Waals surface area contributed by atoms with E-state index in [9.17, 15) is 13.2 Å². The van der Waals surface area contributed by atoms with Crippen LogP contribution in [0, 0.1) is 0 Å². The highest BCUT2D eigenvalue weighted by Crippen LogP contribution is 2.17. The first-order valence-corrected chi connectivity index (χ1v) is 6.19. The Kier molecular flexibility index (Phi) is 8.51. The monoisotopic (exact) mass is 271 g/mol. The van der Waals surface area contributed by atoms with Crippen LogP contribution in [-0.2, 0) is 4.74 Å². The van der Waals surface area contributed by atoms with Crippen LogP contribution in [-0.4, -0.2) is 43.2 Å². The number of nitrogens with zero attached hydrogens (tertiary/aromatic N) is 1. The largest absolute Gasteiger partial charge is 0.411 e. The van der Waals surface area contributed by atoms with Crippen molar-refractivity contribution < 1.29 is 17.9 Å². The van der Waals surface area contributed by atoms with Crippen LogP contribution < -0.4 is 11.2 Å². The molecule has 3 N–H and O–H groups in total. The summed E-state index contributed by atoms with van der Waals surface area (Å²) in [6.07, 6.45) is -3.56. The van der Waals surface area contributed by atoms with E-state index in [1.165, 1.54) is 0 Å². The smallest absolute Gasteiger partial charge is 0.369 e. The molecule has 0 heterocycles. The van der Waals surface area contributed by atoms with Crippen molar-refractivity contribution in [3.8, 4) is 0 Å². The first-order chi connectivity index (χ1) is 8.28. The van der Waals surface area contributed by atoms with Crippen molar-refractivity contribution in [3.05, 3.63) is 0 Å². The molecule has 0 fully saturated rings. The first-order valence-electron chi connectivity index (χ1n) is 6.19. The van der Waals surface area contributed by atoms with Crippen molar-refractivity contribution in [2.24, 2.45) is 5.84 Å². The summed E-state index contributed by atoms with van der Waals surface area (Å²) in [5.41, 5.74) is 0. The van der Waals surface area contributed by atoms with Crippen molar-refractivity contribution in [1.82, 2.24) is 10.3 Å². The summed E-state index contributed by atoms with van der Waals surface area (Å²) >= 11 is 0. The number of nitrogens with one attached hydrogen (secondary N) is 1. The lowest BCUT2D eigenvalue weighted by Crippen LogP contribution is -2.43. The van der Waals surface area contributed by atoms with Crippen LogP contribution in [0.3, 0.4) is 0 Å². The van der Waals surface area contributed by atoms with Crippen molar-refractivity contribution >= 4 is 0 Å². The standard InChI is InChI=1S/C11H24F3N3O/c1-4-10(18-7-11(12,13)14)6-9(3)16-8-17(15)5-2/h9-10,16H,4-8,15H2,1-3H3. The first kappa shape index (κ1) is 17.6. The van der Waals surface area contributed by atoms with Crippen LogP contribution in [0.25, 0.3) is 0 Å². The Morgan fingerprint density at radius 2 is 1.94 bits per heavy atom. The highest BCUT2D eigenvalue weighted by Gasteiger charge is 2.29. The van der Waals surface area contributed by atoms with Gasteiger partial charge in [-0.15, -0.1) is 0 Å². The van der Waals surface area contributed by atoms with E-state index < -0.39 is 12.8 Å². The minimum Gasteiger partial charge on any atom is -0.369 e. The van der Waals surface area contributed by atoms with Crippen molar-refractivity contribution in [3.63, 3.8) is 0 Å². The Hall–Kier alpha value is -0.370. The van der Waals surface area contributed by atoms with Gasteiger partial charge in [0.15, 0.2) is 0 Å². The SMILES string of the molecule is CCC(CC(C)NCN(N)CC)OCC(F)(F)F. The molecule has 0 aliphatic heterocycles. The van der Waals surface area contributed by atoms with Gasteiger partial charge in [0.25, 0.3) is 0 Å². The average Bonchev–Trinajstić information content (AvgIpc) is 2.30. The van der Waals surface area contributed by atoms with Crippen LogP contribution >= 0.6 is 0 Å². The fraction of sp³-hybridized carbons (Fsp3) is 1.00. The number of nitrogens with two attached hydrogens (primary N) is 1. The van der Waals surface area contributed by atoms with E-state index in [0.29, 0.717) is 26.1 Å². The van der Waals surface area contributed by atoms with Crippen LogP contribution in [0.4, 0.5) is 13.2 Å². The van der Waals surface area contributed by atoms with E-state index in [1.807, 2.05) is 20.8 Å². The zero-order chi connectivity index (χ0) is 14.2. The lowest BCUT2D eigenvalue weighted by molar-refractivity contribution is -0.186. The molecule has 0 saturated carbocycles. The zero-order valence-electron chi connectivity index (χ0n) is 11.3. The zero-order valence-corrected chi connectivity index (χ0v) is 11.3. The molecule has 0 aliphatic carbocycles. The second-order valence-corrected chi connectivity index (χ2v) is 4.36. The Balaban J connectivity index is 3.89. The van der Waals surface area contributed by atoms with Gasteiger partial charge < -0.3 is 10.1 Å². The van der Waals surface area contributed by atoms with E-state index in [0.717, 1.165) is 0 Å². The quantitative estimate of drug-likeness (QED) is 0.382. The number of hydrogen-bond donors (Lipinski definition) is 2. The van der Waals surface area contributed by atoms with Gasteiger partial charge in [-0.25, -0.2) is 5.01 Å². The van der Waals surface area contributed by atoms with Gasteiger partial charge in [0, 0.05) is 12.6 Å². The van der Waals surface area contributed by atoms with Gasteiger partial charge in [-0.1, -0.05) is 13.8 Å². The molecule has 0 saturated heterocycles. The summed E-state index contributed by atoms with van der Waals surface area (Å²) in [6.45, 7) is 5.68. The van der Waals surface area contributed by atoms with Crippen molar-refractivity contribution in [2.45, 2.75) is 51.9 Å². The molecule has 0 aromatic rings. The molecule has 4 nitrogen and oxygen atoms in total. The summed E-state index contributed by atoms with van der Waals surface area (Å²) in [6, 6.07) is 0.0563. The summed E-state index contributed by atoms with van der Waals surface area (Å²) in [5.74, 6) is 5.59. The van der Waals surface area contributed by atoms with E-state index in [4.69, 9.17) is 10.6 Å².